The van der Waals surface area contributed by atoms with E-state index in [9.17, 15) is 5.11 Å². The van der Waals surface area contributed by atoms with Crippen LogP contribution in [0.15, 0.2) is 18.5 Å². The Labute approximate surface area is 102 Å². The molecule has 0 saturated carbocycles. The molecule has 1 fully saturated rings. The molecule has 4 nitrogen and oxygen atoms in total. The molecule has 2 rings (SSSR count). The van der Waals surface area contributed by atoms with Gasteiger partial charge in [-0.15, -0.1) is 0 Å². The Hall–Kier alpha value is -1.13. The number of hydrogen-bond donors (Lipinski definition) is 1. The highest BCUT2D eigenvalue weighted by Gasteiger charge is 2.27. The summed E-state index contributed by atoms with van der Waals surface area (Å²) in [7, 11) is 0. The Morgan fingerprint density at radius 2 is 2.41 bits per heavy atom. The average Bonchev–Trinajstić information content (AvgIpc) is 2.38. The Kier molecular flexibility index (Phi) is 3.97. The van der Waals surface area contributed by atoms with Crippen molar-refractivity contribution in [3.8, 4) is 0 Å². The molecule has 1 aliphatic heterocycles. The highest BCUT2D eigenvalue weighted by molar-refractivity contribution is 5.52. The molecule has 1 aromatic heterocycles. The second-order valence-electron chi connectivity index (χ2n) is 4.52. The van der Waals surface area contributed by atoms with Gasteiger partial charge in [0.15, 0.2) is 0 Å². The van der Waals surface area contributed by atoms with Crippen LogP contribution in [0.3, 0.4) is 0 Å². The number of hydrogen-bond acceptors (Lipinski definition) is 4. The average molecular weight is 236 g/mol. The smallest absolute Gasteiger partial charge is 0.0723 e. The van der Waals surface area contributed by atoms with Crippen LogP contribution in [0.2, 0.25) is 0 Å². The molecule has 1 saturated heterocycles. The van der Waals surface area contributed by atoms with Crippen LogP contribution in [0.25, 0.3) is 0 Å². The van der Waals surface area contributed by atoms with E-state index in [4.69, 9.17) is 4.74 Å². The number of pyridine rings is 1. The number of anilines is 1. The van der Waals surface area contributed by atoms with Crippen LogP contribution in [0.5, 0.6) is 0 Å². The van der Waals surface area contributed by atoms with Crippen molar-refractivity contribution in [1.29, 1.82) is 0 Å². The van der Waals surface area contributed by atoms with Crippen LogP contribution in [0, 0.1) is 0 Å². The molecule has 1 aromatic rings. The molecule has 4 heteroatoms. The second kappa shape index (κ2) is 5.47. The van der Waals surface area contributed by atoms with E-state index in [0.717, 1.165) is 30.8 Å². The zero-order valence-electron chi connectivity index (χ0n) is 10.5. The van der Waals surface area contributed by atoms with Crippen LogP contribution < -0.4 is 4.90 Å². The third-order valence-corrected chi connectivity index (χ3v) is 3.31. The molecule has 2 atom stereocenters. The summed E-state index contributed by atoms with van der Waals surface area (Å²) in [4.78, 5) is 6.48. The van der Waals surface area contributed by atoms with E-state index in [0.29, 0.717) is 6.04 Å². The quantitative estimate of drug-likeness (QED) is 0.865. The Balaban J connectivity index is 2.28. The van der Waals surface area contributed by atoms with E-state index >= 15 is 0 Å². The van der Waals surface area contributed by atoms with Gasteiger partial charge in [-0.2, -0.15) is 0 Å². The molecule has 2 unspecified atom stereocenters. The summed E-state index contributed by atoms with van der Waals surface area (Å²) >= 11 is 0. The standard InChI is InChI=1S/C13H20N2O2/c1-3-12-9-17-10(2)7-15(12)13-6-14-5-4-11(13)8-16/h4-6,10,12,16H,3,7-9H2,1-2H3. The lowest BCUT2D eigenvalue weighted by Crippen LogP contribution is -2.49. The monoisotopic (exact) mass is 236 g/mol. The van der Waals surface area contributed by atoms with Gasteiger partial charge in [-0.05, 0) is 19.4 Å². The molecule has 1 N–H and O–H groups in total. The molecule has 0 amide bonds. The predicted molar refractivity (Wildman–Crippen MR) is 67.0 cm³/mol. The largest absolute Gasteiger partial charge is 0.392 e. The number of aromatic nitrogens is 1. The van der Waals surface area contributed by atoms with E-state index in [1.54, 1.807) is 6.20 Å². The van der Waals surface area contributed by atoms with Crippen molar-refractivity contribution in [3.05, 3.63) is 24.0 Å². The SMILES string of the molecule is CCC1COC(C)CN1c1cnccc1CO. The number of nitrogens with zero attached hydrogens (tertiary/aromatic N) is 2. The second-order valence-corrected chi connectivity index (χ2v) is 4.52. The minimum Gasteiger partial charge on any atom is -0.392 e. The highest BCUT2D eigenvalue weighted by Crippen LogP contribution is 2.26. The lowest BCUT2D eigenvalue weighted by molar-refractivity contribution is 0.0298. The van der Waals surface area contributed by atoms with Crippen molar-refractivity contribution < 1.29 is 9.84 Å². The van der Waals surface area contributed by atoms with Crippen molar-refractivity contribution in [2.24, 2.45) is 0 Å². The minimum atomic E-state index is 0.0556. The van der Waals surface area contributed by atoms with Gasteiger partial charge in [-0.1, -0.05) is 6.92 Å². The summed E-state index contributed by atoms with van der Waals surface area (Å²) in [5.41, 5.74) is 1.98. The number of aliphatic hydroxyl groups excluding tert-OH is 1. The summed E-state index contributed by atoms with van der Waals surface area (Å²) in [5.74, 6) is 0. The van der Waals surface area contributed by atoms with Gasteiger partial charge in [0, 0.05) is 18.3 Å². The topological polar surface area (TPSA) is 45.6 Å². The van der Waals surface area contributed by atoms with E-state index in [1.807, 2.05) is 12.3 Å². The molecule has 94 valence electrons. The number of rotatable bonds is 3. The van der Waals surface area contributed by atoms with E-state index < -0.39 is 0 Å². The van der Waals surface area contributed by atoms with Gasteiger partial charge in [0.25, 0.3) is 0 Å². The Morgan fingerprint density at radius 1 is 1.59 bits per heavy atom. The molecule has 0 spiro atoms. The van der Waals surface area contributed by atoms with Gasteiger partial charge in [-0.3, -0.25) is 4.98 Å². The first-order valence-electron chi connectivity index (χ1n) is 6.18. The third-order valence-electron chi connectivity index (χ3n) is 3.31. The summed E-state index contributed by atoms with van der Waals surface area (Å²) in [6, 6.07) is 2.25. The maximum absolute atomic E-state index is 9.39. The van der Waals surface area contributed by atoms with Crippen molar-refractivity contribution in [1.82, 2.24) is 4.98 Å². The molecular formula is C13H20N2O2. The molecule has 0 radical (unpaired) electrons. The van der Waals surface area contributed by atoms with E-state index in [2.05, 4.69) is 23.7 Å². The zero-order chi connectivity index (χ0) is 12.3. The maximum Gasteiger partial charge on any atom is 0.0723 e. The first-order valence-corrected chi connectivity index (χ1v) is 6.18. The molecular weight excluding hydrogens is 216 g/mol. The van der Waals surface area contributed by atoms with Gasteiger partial charge >= 0.3 is 0 Å². The number of morpholine rings is 1. The lowest BCUT2D eigenvalue weighted by atomic mass is 10.1. The van der Waals surface area contributed by atoms with E-state index in [1.165, 1.54) is 0 Å². The van der Waals surface area contributed by atoms with Crippen LogP contribution in [0.4, 0.5) is 5.69 Å². The molecule has 1 aliphatic rings. The minimum absolute atomic E-state index is 0.0556. The van der Waals surface area contributed by atoms with Crippen LogP contribution in [-0.2, 0) is 11.3 Å². The third kappa shape index (κ3) is 2.58. The van der Waals surface area contributed by atoms with Crippen molar-refractivity contribution in [2.75, 3.05) is 18.1 Å². The van der Waals surface area contributed by atoms with Gasteiger partial charge in [0.2, 0.25) is 0 Å². The summed E-state index contributed by atoms with van der Waals surface area (Å²) in [5, 5.41) is 9.39. The molecule has 17 heavy (non-hydrogen) atoms. The fraction of sp³-hybridized carbons (Fsp3) is 0.615. The van der Waals surface area contributed by atoms with Gasteiger partial charge < -0.3 is 14.7 Å². The number of aliphatic hydroxyl groups is 1. The maximum atomic E-state index is 9.39. The zero-order valence-corrected chi connectivity index (χ0v) is 10.5. The summed E-state index contributed by atoms with van der Waals surface area (Å²) < 4.78 is 5.68. The number of ether oxygens (including phenoxy) is 1. The summed E-state index contributed by atoms with van der Waals surface area (Å²) in [6.07, 6.45) is 4.82. The van der Waals surface area contributed by atoms with Crippen LogP contribution in [-0.4, -0.2) is 35.4 Å². The van der Waals surface area contributed by atoms with Gasteiger partial charge in [0.05, 0.1) is 37.2 Å². The predicted octanol–water partition coefficient (Wildman–Crippen LogP) is 1.58. The van der Waals surface area contributed by atoms with Crippen LogP contribution >= 0.6 is 0 Å². The van der Waals surface area contributed by atoms with Gasteiger partial charge in [0.1, 0.15) is 0 Å². The molecule has 0 aromatic carbocycles. The Morgan fingerprint density at radius 3 is 3.12 bits per heavy atom. The highest BCUT2D eigenvalue weighted by atomic mass is 16.5. The van der Waals surface area contributed by atoms with E-state index in [-0.39, 0.29) is 12.7 Å². The van der Waals surface area contributed by atoms with Crippen LogP contribution in [0.1, 0.15) is 25.8 Å². The fourth-order valence-electron chi connectivity index (χ4n) is 2.28. The molecule has 2 heterocycles. The first kappa shape index (κ1) is 12.3. The fourth-order valence-corrected chi connectivity index (χ4v) is 2.28. The summed E-state index contributed by atoms with van der Waals surface area (Å²) in [6.45, 7) is 5.90. The van der Waals surface area contributed by atoms with Crippen molar-refractivity contribution in [2.45, 2.75) is 39.0 Å². The first-order chi connectivity index (χ1) is 8.26. The van der Waals surface area contributed by atoms with Crippen molar-refractivity contribution >= 4 is 5.69 Å². The Bertz CT molecular complexity index is 370. The normalized spacial score (nSPS) is 25.0. The van der Waals surface area contributed by atoms with Gasteiger partial charge in [-0.25, -0.2) is 0 Å². The lowest BCUT2D eigenvalue weighted by Gasteiger charge is -2.40. The van der Waals surface area contributed by atoms with Crippen molar-refractivity contribution in [3.63, 3.8) is 0 Å². The molecule has 0 aliphatic carbocycles. The molecule has 0 bridgehead atoms.